The van der Waals surface area contributed by atoms with Gasteiger partial charge in [0.05, 0.1) is 12.5 Å². The van der Waals surface area contributed by atoms with Crippen LogP contribution in [0.5, 0.6) is 0 Å². The van der Waals surface area contributed by atoms with Crippen molar-refractivity contribution in [3.8, 4) is 0 Å². The van der Waals surface area contributed by atoms with E-state index in [1.54, 1.807) is 11.9 Å². The molecule has 6 heteroatoms. The van der Waals surface area contributed by atoms with E-state index in [1.807, 2.05) is 18.9 Å². The van der Waals surface area contributed by atoms with Crippen molar-refractivity contribution in [2.24, 2.45) is 5.92 Å². The molecule has 1 aromatic rings. The lowest BCUT2D eigenvalue weighted by atomic mass is 10.0. The fourth-order valence-electron chi connectivity index (χ4n) is 3.29. The largest absolute Gasteiger partial charge is 0.466 e. The first-order valence-electron chi connectivity index (χ1n) is 9.37. The second-order valence-electron chi connectivity index (χ2n) is 6.62. The Morgan fingerprint density at radius 2 is 1.60 bits per heavy atom. The van der Waals surface area contributed by atoms with Crippen molar-refractivity contribution in [3.63, 3.8) is 0 Å². The van der Waals surface area contributed by atoms with Crippen LogP contribution in [0.4, 0.5) is 0 Å². The first-order valence-corrected chi connectivity index (χ1v) is 10.9. The number of carbonyl (C=O) groups excluding carboxylic acids is 1. The van der Waals surface area contributed by atoms with E-state index >= 15 is 0 Å². The van der Waals surface area contributed by atoms with Crippen molar-refractivity contribution >= 4 is 29.9 Å². The molecule has 3 rings (SSSR count). The number of hydrogen-bond donors (Lipinski definition) is 0. The van der Waals surface area contributed by atoms with Crippen LogP contribution in [0.1, 0.15) is 39.0 Å². The highest BCUT2D eigenvalue weighted by molar-refractivity contribution is 7.97. The van der Waals surface area contributed by atoms with Crippen molar-refractivity contribution < 1.29 is 9.53 Å². The quantitative estimate of drug-likeness (QED) is 0.535. The van der Waals surface area contributed by atoms with Gasteiger partial charge in [-0.05, 0) is 80.8 Å². The third kappa shape index (κ3) is 5.91. The maximum absolute atomic E-state index is 12.0. The number of rotatable bonds is 6. The van der Waals surface area contributed by atoms with Crippen molar-refractivity contribution in [1.29, 1.82) is 0 Å². The van der Waals surface area contributed by atoms with Crippen LogP contribution in [0.25, 0.3) is 0 Å². The normalized spacial score (nSPS) is 22.7. The number of piperidine rings is 2. The van der Waals surface area contributed by atoms with Crippen LogP contribution >= 0.6 is 23.9 Å². The maximum Gasteiger partial charge on any atom is 0.310 e. The van der Waals surface area contributed by atoms with E-state index in [2.05, 4.69) is 32.9 Å². The number of nitrogens with zero attached hydrogens (tertiary/aromatic N) is 2. The summed E-state index contributed by atoms with van der Waals surface area (Å²) in [5.74, 6) is -0.0174. The first kappa shape index (κ1) is 19.1. The number of carbonyl (C=O) groups is 1. The molecule has 0 radical (unpaired) electrons. The molecule has 0 aromatic heterocycles. The summed E-state index contributed by atoms with van der Waals surface area (Å²) in [6.45, 7) is 6.56. The Balaban J connectivity index is 1.49. The number of benzene rings is 1. The third-order valence-electron chi connectivity index (χ3n) is 4.61. The molecule has 2 heterocycles. The van der Waals surface area contributed by atoms with Crippen LogP contribution in [0.15, 0.2) is 34.1 Å². The molecule has 0 N–H and O–H groups in total. The Labute approximate surface area is 159 Å². The summed E-state index contributed by atoms with van der Waals surface area (Å²) in [6, 6.07) is 8.83. The van der Waals surface area contributed by atoms with E-state index in [0.717, 1.165) is 25.9 Å². The van der Waals surface area contributed by atoms with Crippen LogP contribution in [-0.2, 0) is 9.53 Å². The van der Waals surface area contributed by atoms with E-state index in [0.29, 0.717) is 6.61 Å². The summed E-state index contributed by atoms with van der Waals surface area (Å²) in [6.07, 6.45) is 6.00. The van der Waals surface area contributed by atoms with Gasteiger partial charge >= 0.3 is 5.97 Å². The molecule has 25 heavy (non-hydrogen) atoms. The molecule has 0 aliphatic carbocycles. The zero-order chi connectivity index (χ0) is 17.5. The van der Waals surface area contributed by atoms with E-state index in [-0.39, 0.29) is 11.9 Å². The van der Waals surface area contributed by atoms with Gasteiger partial charge in [0, 0.05) is 36.0 Å². The molecule has 1 atom stereocenters. The molecule has 1 aromatic carbocycles. The Morgan fingerprint density at radius 3 is 2.24 bits per heavy atom. The fraction of sp³-hybridized carbons (Fsp3) is 0.632. The van der Waals surface area contributed by atoms with Gasteiger partial charge in [0.2, 0.25) is 0 Å². The Hall–Kier alpha value is -0.690. The first-order chi connectivity index (χ1) is 12.2. The fourth-order valence-corrected chi connectivity index (χ4v) is 5.32. The highest BCUT2D eigenvalue weighted by Gasteiger charge is 2.27. The summed E-state index contributed by atoms with van der Waals surface area (Å²) < 4.78 is 9.96. The molecule has 2 aliphatic rings. The van der Waals surface area contributed by atoms with Gasteiger partial charge in [-0.15, -0.1) is 0 Å². The average molecular weight is 381 g/mol. The third-order valence-corrected chi connectivity index (χ3v) is 6.79. The van der Waals surface area contributed by atoms with Crippen LogP contribution in [0.3, 0.4) is 0 Å². The highest BCUT2D eigenvalue weighted by atomic mass is 32.2. The molecule has 0 saturated carbocycles. The van der Waals surface area contributed by atoms with Gasteiger partial charge in [-0.2, -0.15) is 0 Å². The van der Waals surface area contributed by atoms with E-state index < -0.39 is 0 Å². The predicted octanol–water partition coefficient (Wildman–Crippen LogP) is 4.46. The van der Waals surface area contributed by atoms with Crippen molar-refractivity contribution in [3.05, 3.63) is 24.3 Å². The van der Waals surface area contributed by atoms with Crippen molar-refractivity contribution in [2.75, 3.05) is 32.8 Å². The van der Waals surface area contributed by atoms with Crippen molar-refractivity contribution in [2.45, 2.75) is 48.8 Å². The Kier molecular flexibility index (Phi) is 7.52. The summed E-state index contributed by atoms with van der Waals surface area (Å²) >= 11 is 3.64. The van der Waals surface area contributed by atoms with E-state index in [4.69, 9.17) is 4.74 Å². The molecule has 0 spiro atoms. The molecule has 4 nitrogen and oxygen atoms in total. The van der Waals surface area contributed by atoms with Gasteiger partial charge in [0.1, 0.15) is 0 Å². The molecular formula is C19H28N2O2S2. The summed E-state index contributed by atoms with van der Waals surface area (Å²) in [7, 11) is 0. The summed E-state index contributed by atoms with van der Waals surface area (Å²) in [4.78, 5) is 14.5. The van der Waals surface area contributed by atoms with Gasteiger partial charge in [-0.3, -0.25) is 4.79 Å². The maximum atomic E-state index is 12.0. The van der Waals surface area contributed by atoms with E-state index in [9.17, 15) is 4.79 Å². The average Bonchev–Trinajstić information content (AvgIpc) is 2.65. The van der Waals surface area contributed by atoms with Crippen LogP contribution in [0, 0.1) is 5.92 Å². The van der Waals surface area contributed by atoms with Crippen LogP contribution in [0.2, 0.25) is 0 Å². The van der Waals surface area contributed by atoms with Gasteiger partial charge in [0.25, 0.3) is 0 Å². The Morgan fingerprint density at radius 1 is 1.00 bits per heavy atom. The minimum Gasteiger partial charge on any atom is -0.466 e. The summed E-state index contributed by atoms with van der Waals surface area (Å²) in [5, 5.41) is 0. The number of ether oxygens (including phenoxy) is 1. The molecule has 0 bridgehead atoms. The topological polar surface area (TPSA) is 32.8 Å². The lowest BCUT2D eigenvalue weighted by Gasteiger charge is -2.30. The SMILES string of the molecule is CCOC(=O)C1CCCN(Sc2ccc(SN3CCCCC3)cc2)C1. The molecule has 2 saturated heterocycles. The molecule has 2 fully saturated rings. The van der Waals surface area contributed by atoms with Crippen LogP contribution < -0.4 is 0 Å². The Bertz CT molecular complexity index is 547. The molecule has 2 aliphatic heterocycles. The molecule has 138 valence electrons. The van der Waals surface area contributed by atoms with Gasteiger partial charge in [-0.1, -0.05) is 6.42 Å². The van der Waals surface area contributed by atoms with Gasteiger partial charge in [0.15, 0.2) is 0 Å². The lowest BCUT2D eigenvalue weighted by molar-refractivity contribution is -0.149. The van der Waals surface area contributed by atoms with Gasteiger partial charge < -0.3 is 4.74 Å². The van der Waals surface area contributed by atoms with Gasteiger partial charge in [-0.25, -0.2) is 8.61 Å². The number of hydrogen-bond acceptors (Lipinski definition) is 6. The molecular weight excluding hydrogens is 352 g/mol. The van der Waals surface area contributed by atoms with E-state index in [1.165, 1.54) is 42.1 Å². The van der Waals surface area contributed by atoms with Crippen LogP contribution in [-0.4, -0.2) is 47.4 Å². The number of esters is 1. The molecule has 1 unspecified atom stereocenters. The minimum atomic E-state index is -0.0407. The summed E-state index contributed by atoms with van der Waals surface area (Å²) in [5.41, 5.74) is 0. The monoisotopic (exact) mass is 380 g/mol. The van der Waals surface area contributed by atoms with Crippen molar-refractivity contribution in [1.82, 2.24) is 8.61 Å². The standard InChI is InChI=1S/C19H28N2O2S2/c1-2-23-19(22)16-7-6-14-21(15-16)25-18-10-8-17(9-11-18)24-20-12-4-3-5-13-20/h8-11,16H,2-7,12-15H2,1H3. The molecule has 0 amide bonds. The second-order valence-corrected chi connectivity index (χ2v) is 8.96. The minimum absolute atomic E-state index is 0.0233. The highest BCUT2D eigenvalue weighted by Crippen LogP contribution is 2.31. The zero-order valence-electron chi connectivity index (χ0n) is 15.0. The zero-order valence-corrected chi connectivity index (χ0v) is 16.6. The lowest BCUT2D eigenvalue weighted by Crippen LogP contribution is -2.35. The smallest absolute Gasteiger partial charge is 0.310 e. The second kappa shape index (κ2) is 9.86. The predicted molar refractivity (Wildman–Crippen MR) is 105 cm³/mol.